The van der Waals surface area contributed by atoms with Gasteiger partial charge in [-0.15, -0.1) is 0 Å². The van der Waals surface area contributed by atoms with Crippen LogP contribution in [0.3, 0.4) is 0 Å². The van der Waals surface area contributed by atoms with E-state index in [1.54, 1.807) is 6.92 Å². The van der Waals surface area contributed by atoms with Gasteiger partial charge in [-0.05, 0) is 18.6 Å². The molecule has 0 amide bonds. The van der Waals surface area contributed by atoms with Crippen molar-refractivity contribution in [3.63, 3.8) is 0 Å². The first-order valence-corrected chi connectivity index (χ1v) is 6.43. The lowest BCUT2D eigenvalue weighted by atomic mass is 10.2. The van der Waals surface area contributed by atoms with Gasteiger partial charge in [-0.3, -0.25) is 9.52 Å². The predicted molar refractivity (Wildman–Crippen MR) is 58.9 cm³/mol. The fourth-order valence-corrected chi connectivity index (χ4v) is 2.34. The monoisotopic (exact) mass is 262 g/mol. The number of hydrogen-bond acceptors (Lipinski definition) is 3. The average Bonchev–Trinajstić information content (AvgIpc) is 2.23. The molecule has 0 aromatic heterocycles. The highest BCUT2D eigenvalue weighted by atomic mass is 32.2. The average molecular weight is 262 g/mol. The Kier molecular flexibility index (Phi) is 4.17. The molecule has 0 unspecified atom stereocenters. The van der Waals surface area contributed by atoms with Gasteiger partial charge < -0.3 is 0 Å². The topological polar surface area (TPSA) is 63.2 Å². The number of anilines is 1. The van der Waals surface area contributed by atoms with E-state index < -0.39 is 32.9 Å². The zero-order chi connectivity index (χ0) is 13.1. The van der Waals surface area contributed by atoms with Crippen molar-refractivity contribution in [2.45, 2.75) is 13.3 Å². The fraction of sp³-hybridized carbons (Fsp3) is 0.300. The highest BCUT2D eigenvalue weighted by Crippen LogP contribution is 2.20. The summed E-state index contributed by atoms with van der Waals surface area (Å²) in [6, 6.07) is 1.71. The first-order valence-electron chi connectivity index (χ1n) is 4.78. The Labute approximate surface area is 97.7 Å². The molecule has 93 valence electrons. The number of halogens is 2. The zero-order valence-corrected chi connectivity index (χ0v) is 9.77. The summed E-state index contributed by atoms with van der Waals surface area (Å²) in [5.41, 5.74) is -1.38. The maximum absolute atomic E-state index is 13.5. The summed E-state index contributed by atoms with van der Waals surface area (Å²) in [6.07, 6.45) is 1.44. The summed E-state index contributed by atoms with van der Waals surface area (Å²) in [7, 11) is -3.69. The molecule has 0 saturated carbocycles. The molecular formula is C10H10F2NO3S. The van der Waals surface area contributed by atoms with Crippen molar-refractivity contribution >= 4 is 22.0 Å². The third kappa shape index (κ3) is 3.23. The summed E-state index contributed by atoms with van der Waals surface area (Å²) in [4.78, 5) is 10.3. The van der Waals surface area contributed by atoms with E-state index in [4.69, 9.17) is 0 Å². The van der Waals surface area contributed by atoms with Crippen LogP contribution in [0.15, 0.2) is 12.1 Å². The number of carbonyl (C=O) groups excluding carboxylic acids is 1. The maximum atomic E-state index is 13.5. The van der Waals surface area contributed by atoms with Crippen LogP contribution in [-0.2, 0) is 14.8 Å². The van der Waals surface area contributed by atoms with Crippen LogP contribution in [-0.4, -0.2) is 20.5 Å². The fourth-order valence-electron chi connectivity index (χ4n) is 1.21. The largest absolute Gasteiger partial charge is 0.285 e. The predicted octanol–water partition coefficient (Wildman–Crippen LogP) is 1.57. The molecule has 7 heteroatoms. The minimum Gasteiger partial charge on any atom is -0.285 e. The molecule has 0 bridgehead atoms. The molecule has 0 aliphatic rings. The second-order valence-electron chi connectivity index (χ2n) is 3.31. The van der Waals surface area contributed by atoms with Gasteiger partial charge in [0.15, 0.2) is 5.82 Å². The van der Waals surface area contributed by atoms with Crippen LogP contribution in [0.25, 0.3) is 0 Å². The smallest absolute Gasteiger partial charge is 0.239 e. The third-order valence-corrected chi connectivity index (χ3v) is 3.41. The van der Waals surface area contributed by atoms with Gasteiger partial charge in [-0.1, -0.05) is 6.92 Å². The van der Waals surface area contributed by atoms with E-state index in [-0.39, 0.29) is 5.75 Å². The van der Waals surface area contributed by atoms with Crippen LogP contribution in [0.2, 0.25) is 0 Å². The molecule has 0 spiro atoms. The normalized spacial score (nSPS) is 11.2. The van der Waals surface area contributed by atoms with E-state index in [0.717, 1.165) is 18.4 Å². The summed E-state index contributed by atoms with van der Waals surface area (Å²) in [6.45, 7) is 1.64. The van der Waals surface area contributed by atoms with E-state index in [1.165, 1.54) is 0 Å². The Bertz CT molecular complexity index is 529. The molecule has 1 rings (SSSR count). The lowest BCUT2D eigenvalue weighted by Gasteiger charge is -2.09. The molecule has 4 nitrogen and oxygen atoms in total. The molecule has 0 atom stereocenters. The molecule has 17 heavy (non-hydrogen) atoms. The van der Waals surface area contributed by atoms with Crippen molar-refractivity contribution in [3.05, 3.63) is 29.3 Å². The Morgan fingerprint density at radius 2 is 2.00 bits per heavy atom. The molecular weight excluding hydrogens is 252 g/mol. The van der Waals surface area contributed by atoms with Gasteiger partial charge >= 0.3 is 0 Å². The van der Waals surface area contributed by atoms with Crippen LogP contribution in [0.1, 0.15) is 18.9 Å². The minimum atomic E-state index is -3.69. The number of nitrogens with one attached hydrogen (secondary N) is 1. The molecule has 1 aromatic carbocycles. The van der Waals surface area contributed by atoms with Gasteiger partial charge in [0.2, 0.25) is 16.3 Å². The first kappa shape index (κ1) is 13.6. The number of sulfonamides is 1. The second kappa shape index (κ2) is 5.22. The highest BCUT2D eigenvalue weighted by molar-refractivity contribution is 7.92. The van der Waals surface area contributed by atoms with Crippen molar-refractivity contribution in [2.24, 2.45) is 0 Å². The minimum absolute atomic E-state index is 0.191. The van der Waals surface area contributed by atoms with Crippen LogP contribution < -0.4 is 4.72 Å². The molecule has 1 N–H and O–H groups in total. The summed E-state index contributed by atoms with van der Waals surface area (Å²) in [5, 5.41) is 0. The Balaban J connectivity index is 3.13. The highest BCUT2D eigenvalue weighted by Gasteiger charge is 2.17. The number of hydrogen-bond donors (Lipinski definition) is 1. The van der Waals surface area contributed by atoms with Gasteiger partial charge in [-0.25, -0.2) is 17.2 Å². The number of rotatable bonds is 5. The van der Waals surface area contributed by atoms with Crippen LogP contribution in [0, 0.1) is 11.6 Å². The van der Waals surface area contributed by atoms with E-state index in [1.807, 2.05) is 4.72 Å². The first-order chi connectivity index (χ1) is 7.91. The molecule has 0 aliphatic carbocycles. The van der Waals surface area contributed by atoms with Crippen molar-refractivity contribution in [1.82, 2.24) is 0 Å². The van der Waals surface area contributed by atoms with Gasteiger partial charge in [-0.2, -0.15) is 0 Å². The van der Waals surface area contributed by atoms with Gasteiger partial charge in [0.05, 0.1) is 17.0 Å². The summed E-state index contributed by atoms with van der Waals surface area (Å²) in [5.74, 6) is -2.54. The Morgan fingerprint density at radius 1 is 1.35 bits per heavy atom. The van der Waals surface area contributed by atoms with Gasteiger partial charge in [0.1, 0.15) is 5.82 Å². The standard InChI is InChI=1S/C10H10F2NO3S/c1-2-5-17(15,16)13-9-4-3-8(11)7(6-14)10(9)12/h3-4,13H,2,5H2,1H3. The lowest BCUT2D eigenvalue weighted by molar-refractivity contribution is 0.543. The van der Waals surface area contributed by atoms with Crippen molar-refractivity contribution in [3.8, 4) is 0 Å². The van der Waals surface area contributed by atoms with Crippen LogP contribution >= 0.6 is 0 Å². The van der Waals surface area contributed by atoms with Crippen molar-refractivity contribution < 1.29 is 22.0 Å². The van der Waals surface area contributed by atoms with Crippen molar-refractivity contribution in [2.75, 3.05) is 10.5 Å². The summed E-state index contributed by atoms with van der Waals surface area (Å²) < 4.78 is 51.1. The van der Waals surface area contributed by atoms with Gasteiger partial charge in [0.25, 0.3) is 0 Å². The molecule has 0 aliphatic heterocycles. The zero-order valence-electron chi connectivity index (χ0n) is 8.96. The molecule has 0 heterocycles. The van der Waals surface area contributed by atoms with E-state index in [9.17, 15) is 22.0 Å². The third-order valence-electron chi connectivity index (χ3n) is 1.93. The molecule has 1 radical (unpaired) electrons. The Hall–Kier alpha value is -1.50. The van der Waals surface area contributed by atoms with E-state index >= 15 is 0 Å². The molecule has 0 saturated heterocycles. The maximum Gasteiger partial charge on any atom is 0.239 e. The number of benzene rings is 1. The quantitative estimate of drug-likeness (QED) is 0.876. The van der Waals surface area contributed by atoms with Gasteiger partial charge in [0, 0.05) is 0 Å². The molecule has 0 fully saturated rings. The second-order valence-corrected chi connectivity index (χ2v) is 5.15. The van der Waals surface area contributed by atoms with E-state index in [2.05, 4.69) is 0 Å². The SMILES string of the molecule is CCCS(=O)(=O)Nc1ccc(F)c([C]=O)c1F. The Morgan fingerprint density at radius 3 is 2.53 bits per heavy atom. The summed E-state index contributed by atoms with van der Waals surface area (Å²) >= 11 is 0. The van der Waals surface area contributed by atoms with Crippen LogP contribution in [0.5, 0.6) is 0 Å². The van der Waals surface area contributed by atoms with Crippen molar-refractivity contribution in [1.29, 1.82) is 0 Å². The van der Waals surface area contributed by atoms with E-state index in [0.29, 0.717) is 6.42 Å². The van der Waals surface area contributed by atoms with Crippen LogP contribution in [0.4, 0.5) is 14.5 Å². The molecule has 1 aromatic rings. The lowest BCUT2D eigenvalue weighted by Crippen LogP contribution is -2.17.